The van der Waals surface area contributed by atoms with E-state index in [1.54, 1.807) is 18.3 Å². The van der Waals surface area contributed by atoms with Gasteiger partial charge >= 0.3 is 6.03 Å². The van der Waals surface area contributed by atoms with Crippen LogP contribution < -0.4 is 10.6 Å². The minimum atomic E-state index is -0.243. The Morgan fingerprint density at radius 2 is 2.07 bits per heavy atom. The Kier molecular flexibility index (Phi) is 3.68. The summed E-state index contributed by atoms with van der Waals surface area (Å²) in [6.07, 6.45) is 1.59. The first kappa shape index (κ1) is 12.0. The molecule has 15 heavy (non-hydrogen) atoms. The third-order valence-corrected chi connectivity index (χ3v) is 1.94. The Morgan fingerprint density at radius 1 is 1.40 bits per heavy atom. The Labute approximate surface area is 97.6 Å². The molecule has 0 aliphatic heterocycles. The van der Waals surface area contributed by atoms with E-state index in [4.69, 9.17) is 0 Å². The maximum atomic E-state index is 11.5. The summed E-state index contributed by atoms with van der Waals surface area (Å²) >= 11 is 3.22. The summed E-state index contributed by atoms with van der Waals surface area (Å²) in [5.41, 5.74) is 0.423. The minimum absolute atomic E-state index is 0.230. The lowest BCUT2D eigenvalue weighted by Gasteiger charge is -2.20. The Balaban J connectivity index is 2.55. The fraction of sp³-hybridized carbons (Fsp3) is 0.400. The van der Waals surface area contributed by atoms with Gasteiger partial charge in [-0.2, -0.15) is 0 Å². The summed E-state index contributed by atoms with van der Waals surface area (Å²) in [4.78, 5) is 15.5. The van der Waals surface area contributed by atoms with Gasteiger partial charge in [-0.05, 0) is 48.8 Å². The summed E-state index contributed by atoms with van der Waals surface area (Å²) in [5.74, 6) is 0. The van der Waals surface area contributed by atoms with Crippen LogP contribution in [0, 0.1) is 0 Å². The molecular weight excluding hydrogens is 258 g/mol. The van der Waals surface area contributed by atoms with Gasteiger partial charge in [-0.3, -0.25) is 0 Å². The fourth-order valence-electron chi connectivity index (χ4n) is 0.953. The normalized spacial score (nSPS) is 10.9. The molecule has 0 unspecified atom stereocenters. The van der Waals surface area contributed by atoms with Crippen molar-refractivity contribution in [3.63, 3.8) is 0 Å². The Hall–Kier alpha value is -1.10. The maximum absolute atomic E-state index is 11.5. The predicted octanol–water partition coefficient (Wildman–Crippen LogP) is 2.76. The molecule has 0 radical (unpaired) electrons. The van der Waals surface area contributed by atoms with Crippen LogP contribution in [0.15, 0.2) is 22.9 Å². The average molecular weight is 272 g/mol. The van der Waals surface area contributed by atoms with E-state index >= 15 is 0 Å². The lowest BCUT2D eigenvalue weighted by Crippen LogP contribution is -2.43. The number of rotatable bonds is 1. The van der Waals surface area contributed by atoms with Crippen LogP contribution in [-0.2, 0) is 0 Å². The maximum Gasteiger partial charge on any atom is 0.319 e. The molecule has 0 spiro atoms. The molecule has 0 bridgehead atoms. The minimum Gasteiger partial charge on any atom is -0.333 e. The first-order chi connectivity index (χ1) is 6.87. The number of halogens is 1. The smallest absolute Gasteiger partial charge is 0.319 e. The number of nitrogens with zero attached hydrogens (tertiary/aromatic N) is 1. The summed E-state index contributed by atoms with van der Waals surface area (Å²) in [5, 5.41) is 5.48. The third kappa shape index (κ3) is 4.78. The molecular formula is C10H14BrN3O. The molecule has 0 aromatic carbocycles. The average Bonchev–Trinajstić information content (AvgIpc) is 2.05. The van der Waals surface area contributed by atoms with Crippen molar-refractivity contribution in [1.29, 1.82) is 0 Å². The Morgan fingerprint density at radius 3 is 2.53 bits per heavy atom. The van der Waals surface area contributed by atoms with Gasteiger partial charge in [0.2, 0.25) is 0 Å². The van der Waals surface area contributed by atoms with Crippen LogP contribution in [0.1, 0.15) is 20.8 Å². The highest BCUT2D eigenvalue weighted by Gasteiger charge is 2.13. The zero-order chi connectivity index (χ0) is 11.5. The molecule has 0 atom stereocenters. The van der Waals surface area contributed by atoms with Gasteiger partial charge in [-0.1, -0.05) is 0 Å². The first-order valence-electron chi connectivity index (χ1n) is 4.57. The molecule has 1 aromatic rings. The molecule has 0 aliphatic rings. The second kappa shape index (κ2) is 4.61. The van der Waals surface area contributed by atoms with Gasteiger partial charge in [0.15, 0.2) is 0 Å². The molecule has 2 N–H and O–H groups in total. The highest BCUT2D eigenvalue weighted by Crippen LogP contribution is 2.10. The van der Waals surface area contributed by atoms with Gasteiger partial charge in [0, 0.05) is 5.54 Å². The molecule has 2 amide bonds. The van der Waals surface area contributed by atoms with Crippen molar-refractivity contribution in [2.24, 2.45) is 0 Å². The molecule has 1 aromatic heterocycles. The highest BCUT2D eigenvalue weighted by atomic mass is 79.9. The van der Waals surface area contributed by atoms with E-state index in [9.17, 15) is 4.79 Å². The third-order valence-electron chi connectivity index (χ3n) is 1.47. The predicted molar refractivity (Wildman–Crippen MR) is 63.8 cm³/mol. The number of hydrogen-bond acceptors (Lipinski definition) is 2. The molecule has 1 rings (SSSR count). The number of nitrogens with one attached hydrogen (secondary N) is 2. The topological polar surface area (TPSA) is 54.0 Å². The second-order valence-corrected chi connectivity index (χ2v) is 5.01. The van der Waals surface area contributed by atoms with E-state index in [1.165, 1.54) is 0 Å². The fourth-order valence-corrected chi connectivity index (χ4v) is 1.19. The standard InChI is InChI=1S/C10H14BrN3O/c1-10(2,3)14-9(15)13-7-4-5-8(11)12-6-7/h4-6H,1-3H3,(H2,13,14,15). The molecule has 0 saturated carbocycles. The molecule has 0 aliphatic carbocycles. The quantitative estimate of drug-likeness (QED) is 0.772. The van der Waals surface area contributed by atoms with Crippen molar-refractivity contribution >= 4 is 27.6 Å². The van der Waals surface area contributed by atoms with E-state index in [2.05, 4.69) is 31.5 Å². The number of anilines is 1. The zero-order valence-corrected chi connectivity index (χ0v) is 10.6. The van der Waals surface area contributed by atoms with E-state index < -0.39 is 0 Å². The molecule has 0 saturated heterocycles. The second-order valence-electron chi connectivity index (χ2n) is 4.20. The number of amides is 2. The van der Waals surface area contributed by atoms with Crippen molar-refractivity contribution < 1.29 is 4.79 Å². The van der Waals surface area contributed by atoms with Gasteiger partial charge in [-0.15, -0.1) is 0 Å². The number of aromatic nitrogens is 1. The molecule has 82 valence electrons. The molecule has 0 fully saturated rings. The monoisotopic (exact) mass is 271 g/mol. The number of urea groups is 1. The zero-order valence-electron chi connectivity index (χ0n) is 8.97. The van der Waals surface area contributed by atoms with Crippen LogP contribution in [-0.4, -0.2) is 16.6 Å². The van der Waals surface area contributed by atoms with Crippen LogP contribution in [0.3, 0.4) is 0 Å². The highest BCUT2D eigenvalue weighted by molar-refractivity contribution is 9.10. The van der Waals surface area contributed by atoms with Gasteiger partial charge < -0.3 is 10.6 Å². The van der Waals surface area contributed by atoms with Crippen molar-refractivity contribution in [2.75, 3.05) is 5.32 Å². The molecule has 5 heteroatoms. The summed E-state index contributed by atoms with van der Waals surface area (Å²) < 4.78 is 0.740. The number of hydrogen-bond donors (Lipinski definition) is 2. The largest absolute Gasteiger partial charge is 0.333 e. The lowest BCUT2D eigenvalue weighted by atomic mass is 10.1. The number of carbonyl (C=O) groups excluding carboxylic acids is 1. The summed E-state index contributed by atoms with van der Waals surface area (Å²) in [7, 11) is 0. The van der Waals surface area contributed by atoms with E-state index in [-0.39, 0.29) is 11.6 Å². The van der Waals surface area contributed by atoms with Gasteiger partial charge in [0.05, 0.1) is 11.9 Å². The van der Waals surface area contributed by atoms with Crippen LogP contribution >= 0.6 is 15.9 Å². The lowest BCUT2D eigenvalue weighted by molar-refractivity contribution is 0.244. The van der Waals surface area contributed by atoms with Crippen LogP contribution in [0.2, 0.25) is 0 Å². The van der Waals surface area contributed by atoms with Crippen LogP contribution in [0.5, 0.6) is 0 Å². The first-order valence-corrected chi connectivity index (χ1v) is 5.37. The Bertz CT molecular complexity index is 343. The van der Waals surface area contributed by atoms with Gasteiger partial charge in [0.25, 0.3) is 0 Å². The van der Waals surface area contributed by atoms with Gasteiger partial charge in [-0.25, -0.2) is 9.78 Å². The molecule has 4 nitrogen and oxygen atoms in total. The van der Waals surface area contributed by atoms with Gasteiger partial charge in [0.1, 0.15) is 4.60 Å². The van der Waals surface area contributed by atoms with Crippen molar-refractivity contribution in [1.82, 2.24) is 10.3 Å². The molecule has 1 heterocycles. The van der Waals surface area contributed by atoms with Crippen LogP contribution in [0.25, 0.3) is 0 Å². The summed E-state index contributed by atoms with van der Waals surface area (Å²) in [6, 6.07) is 3.32. The SMILES string of the molecule is CC(C)(C)NC(=O)Nc1ccc(Br)nc1. The van der Waals surface area contributed by atoms with E-state index in [0.717, 1.165) is 4.60 Å². The number of pyridine rings is 1. The van der Waals surface area contributed by atoms with Crippen molar-refractivity contribution in [3.8, 4) is 0 Å². The van der Waals surface area contributed by atoms with Crippen molar-refractivity contribution in [3.05, 3.63) is 22.9 Å². The van der Waals surface area contributed by atoms with E-state index in [1.807, 2.05) is 20.8 Å². The number of carbonyl (C=O) groups is 1. The van der Waals surface area contributed by atoms with E-state index in [0.29, 0.717) is 5.69 Å². The van der Waals surface area contributed by atoms with Crippen molar-refractivity contribution in [2.45, 2.75) is 26.3 Å². The summed E-state index contributed by atoms with van der Waals surface area (Å²) in [6.45, 7) is 5.77. The van der Waals surface area contributed by atoms with Crippen LogP contribution in [0.4, 0.5) is 10.5 Å².